The predicted octanol–water partition coefficient (Wildman–Crippen LogP) is 4.71. The van der Waals surface area contributed by atoms with Crippen LogP contribution in [0.4, 0.5) is 10.5 Å². The third-order valence-corrected chi connectivity index (χ3v) is 8.41. The van der Waals surface area contributed by atoms with Crippen molar-refractivity contribution in [3.63, 3.8) is 0 Å². The minimum atomic E-state index is -1.29. The number of nitrogens with zero attached hydrogens (tertiary/aromatic N) is 2. The van der Waals surface area contributed by atoms with E-state index in [9.17, 15) is 24.0 Å². The molecule has 5 rings (SSSR count). The Morgan fingerprint density at radius 1 is 0.982 bits per heavy atom. The number of aromatic nitrogens is 1. The molecule has 1 aliphatic carbocycles. The van der Waals surface area contributed by atoms with E-state index in [0.29, 0.717) is 35.0 Å². The minimum Gasteiger partial charge on any atom is -0.496 e. The Kier molecular flexibility index (Phi) is 13.3. The van der Waals surface area contributed by atoms with Crippen LogP contribution in [0.2, 0.25) is 0 Å². The van der Waals surface area contributed by atoms with Crippen molar-refractivity contribution >= 4 is 47.4 Å². The Balaban J connectivity index is 1.45. The fraction of sp³-hybridized carbons (Fsp3) is 0.359. The molecule has 16 nitrogen and oxygen atoms in total. The standard InChI is InChI=1S/C39H43N5O11/c1-6-24-15-30(35(45)42-26-11-9-25(10-12-26)34(40)44-39(49)55-27-18-51-20-52-19-27)29(16-32(24)50-5)28-13-14-31(36(46)41-17-23-7-8-23)43-33(28)38(48)54-22(4)53-37(47)21(2)3/h6,9-16,21-23,27H,1,7-8,17-20H2,2-5H3,(H,41,46)(H,42,45)(H2,40,44,49). The number of anilines is 1. The van der Waals surface area contributed by atoms with Gasteiger partial charge in [-0.15, -0.1) is 0 Å². The summed E-state index contributed by atoms with van der Waals surface area (Å²) in [4.78, 5) is 73.5. The van der Waals surface area contributed by atoms with Gasteiger partial charge in [0.05, 0.1) is 26.2 Å². The number of carbonyl (C=O) groups excluding carboxylic acids is 5. The van der Waals surface area contributed by atoms with Crippen LogP contribution in [0, 0.1) is 11.8 Å². The molecule has 1 saturated heterocycles. The SMILES string of the molecule is C=Cc1cc(C(=O)Nc2ccc(C(N)=NC(=O)OC3COCOC3)cc2)c(-c2ccc(C(=O)NCC3CC3)nc2C(=O)OC(C)OC(=O)C(C)C)cc1OC. The third kappa shape index (κ3) is 10.7. The van der Waals surface area contributed by atoms with E-state index in [4.69, 9.17) is 34.2 Å². The molecule has 2 heterocycles. The number of hydrogen-bond acceptors (Lipinski definition) is 12. The summed E-state index contributed by atoms with van der Waals surface area (Å²) in [5.41, 5.74) is 7.29. The van der Waals surface area contributed by atoms with Crippen molar-refractivity contribution in [2.24, 2.45) is 22.6 Å². The Hall–Kier alpha value is -6.13. The zero-order valence-electron chi connectivity index (χ0n) is 30.9. The number of esters is 2. The number of benzene rings is 2. The quantitative estimate of drug-likeness (QED) is 0.0880. The first-order valence-corrected chi connectivity index (χ1v) is 17.5. The first-order chi connectivity index (χ1) is 26.4. The van der Waals surface area contributed by atoms with Gasteiger partial charge in [0.1, 0.15) is 24.1 Å². The van der Waals surface area contributed by atoms with Crippen LogP contribution < -0.4 is 21.1 Å². The molecule has 1 aromatic heterocycles. The highest BCUT2D eigenvalue weighted by Gasteiger charge is 2.28. The summed E-state index contributed by atoms with van der Waals surface area (Å²) in [6.45, 7) is 9.43. The zero-order chi connectivity index (χ0) is 39.6. The molecule has 0 radical (unpaired) electrons. The van der Waals surface area contributed by atoms with E-state index in [-0.39, 0.29) is 53.9 Å². The van der Waals surface area contributed by atoms with Gasteiger partial charge < -0.3 is 44.8 Å². The van der Waals surface area contributed by atoms with Crippen LogP contribution in [0.5, 0.6) is 5.75 Å². The average molecular weight is 758 g/mol. The number of nitrogens with two attached hydrogens (primary N) is 1. The number of amidine groups is 1. The van der Waals surface area contributed by atoms with Gasteiger partial charge in [0.25, 0.3) is 11.8 Å². The Labute approximate surface area is 317 Å². The first-order valence-electron chi connectivity index (χ1n) is 17.5. The third-order valence-electron chi connectivity index (χ3n) is 8.41. The van der Waals surface area contributed by atoms with Crippen molar-refractivity contribution in [2.45, 2.75) is 46.0 Å². The molecule has 55 heavy (non-hydrogen) atoms. The topological polar surface area (TPSA) is 216 Å². The second-order valence-corrected chi connectivity index (χ2v) is 13.0. The maximum atomic E-state index is 14.0. The zero-order valence-corrected chi connectivity index (χ0v) is 30.9. The van der Waals surface area contributed by atoms with Gasteiger partial charge in [-0.3, -0.25) is 14.4 Å². The summed E-state index contributed by atoms with van der Waals surface area (Å²) in [7, 11) is 1.44. The van der Waals surface area contributed by atoms with Gasteiger partial charge in [0.15, 0.2) is 11.8 Å². The molecular weight excluding hydrogens is 714 g/mol. The van der Waals surface area contributed by atoms with Crippen molar-refractivity contribution in [1.29, 1.82) is 0 Å². The number of pyridine rings is 1. The van der Waals surface area contributed by atoms with Gasteiger partial charge >= 0.3 is 18.0 Å². The van der Waals surface area contributed by atoms with E-state index >= 15 is 0 Å². The number of ether oxygens (including phenoxy) is 6. The maximum absolute atomic E-state index is 14.0. The van der Waals surface area contributed by atoms with Gasteiger partial charge in [-0.2, -0.15) is 4.99 Å². The Bertz CT molecular complexity index is 1970. The van der Waals surface area contributed by atoms with Crippen LogP contribution in [-0.2, 0) is 28.5 Å². The molecule has 1 atom stereocenters. The molecular formula is C39H43N5O11. The van der Waals surface area contributed by atoms with Crippen LogP contribution in [-0.4, -0.2) is 86.7 Å². The fourth-order valence-corrected chi connectivity index (χ4v) is 5.27. The average Bonchev–Trinajstić information content (AvgIpc) is 4.01. The first kappa shape index (κ1) is 40.1. The molecule has 2 fully saturated rings. The Morgan fingerprint density at radius 2 is 1.69 bits per heavy atom. The number of amides is 3. The van der Waals surface area contributed by atoms with E-state index < -0.39 is 48.2 Å². The normalized spacial score (nSPS) is 15.0. The molecule has 1 aliphatic heterocycles. The van der Waals surface area contributed by atoms with Crippen molar-refractivity contribution < 1.29 is 52.4 Å². The number of aliphatic imine (C=N–C) groups is 1. The maximum Gasteiger partial charge on any atom is 0.436 e. The van der Waals surface area contributed by atoms with Crippen LogP contribution in [0.25, 0.3) is 17.2 Å². The summed E-state index contributed by atoms with van der Waals surface area (Å²) in [5, 5.41) is 5.65. The molecule has 3 amide bonds. The van der Waals surface area contributed by atoms with Crippen molar-refractivity contribution in [1.82, 2.24) is 10.3 Å². The lowest BCUT2D eigenvalue weighted by Gasteiger charge is -2.21. The largest absolute Gasteiger partial charge is 0.496 e. The molecule has 1 unspecified atom stereocenters. The van der Waals surface area contributed by atoms with E-state index in [0.717, 1.165) is 12.8 Å². The monoisotopic (exact) mass is 757 g/mol. The second kappa shape index (κ2) is 18.3. The minimum absolute atomic E-state index is 0.0583. The van der Waals surface area contributed by atoms with Gasteiger partial charge in [0, 0.05) is 47.0 Å². The highest BCUT2D eigenvalue weighted by Crippen LogP contribution is 2.35. The highest BCUT2D eigenvalue weighted by molar-refractivity contribution is 6.11. The smallest absolute Gasteiger partial charge is 0.436 e. The van der Waals surface area contributed by atoms with Crippen molar-refractivity contribution in [2.75, 3.05) is 39.0 Å². The molecule has 290 valence electrons. The van der Waals surface area contributed by atoms with Crippen LogP contribution >= 0.6 is 0 Å². The van der Waals surface area contributed by atoms with Crippen molar-refractivity contribution in [3.05, 3.63) is 83.2 Å². The number of rotatable bonds is 14. The molecule has 4 N–H and O–H groups in total. The van der Waals surface area contributed by atoms with Crippen LogP contribution in [0.15, 0.2) is 60.1 Å². The second-order valence-electron chi connectivity index (χ2n) is 13.0. The molecule has 0 spiro atoms. The molecule has 3 aromatic rings. The number of carbonyl (C=O) groups is 5. The number of hydrogen-bond donors (Lipinski definition) is 3. The van der Waals surface area contributed by atoms with Gasteiger partial charge in [-0.25, -0.2) is 14.6 Å². The number of nitrogens with one attached hydrogen (secondary N) is 2. The molecule has 1 saturated carbocycles. The summed E-state index contributed by atoms with van der Waals surface area (Å²) in [5.74, 6) is -2.56. The molecule has 16 heteroatoms. The van der Waals surface area contributed by atoms with Crippen molar-refractivity contribution in [3.8, 4) is 16.9 Å². The predicted molar refractivity (Wildman–Crippen MR) is 199 cm³/mol. The highest BCUT2D eigenvalue weighted by atomic mass is 16.7. The summed E-state index contributed by atoms with van der Waals surface area (Å²) in [6, 6.07) is 12.2. The summed E-state index contributed by atoms with van der Waals surface area (Å²) < 4.78 is 31.7. The van der Waals surface area contributed by atoms with Crippen LogP contribution in [0.3, 0.4) is 0 Å². The Morgan fingerprint density at radius 3 is 2.33 bits per heavy atom. The van der Waals surface area contributed by atoms with Gasteiger partial charge in [-0.05, 0) is 67.3 Å². The summed E-state index contributed by atoms with van der Waals surface area (Å²) >= 11 is 0. The lowest BCUT2D eigenvalue weighted by atomic mass is 9.94. The molecule has 2 aliphatic rings. The van der Waals surface area contributed by atoms with Gasteiger partial charge in [0.2, 0.25) is 6.29 Å². The molecule has 0 bridgehead atoms. The van der Waals surface area contributed by atoms with Crippen LogP contribution in [0.1, 0.15) is 76.1 Å². The van der Waals surface area contributed by atoms with E-state index in [1.54, 1.807) is 44.2 Å². The number of methoxy groups -OCH3 is 1. The lowest BCUT2D eigenvalue weighted by molar-refractivity contribution is -0.169. The van der Waals surface area contributed by atoms with E-state index in [1.807, 2.05) is 0 Å². The fourth-order valence-electron chi connectivity index (χ4n) is 5.27. The van der Waals surface area contributed by atoms with E-state index in [1.165, 1.54) is 38.3 Å². The van der Waals surface area contributed by atoms with E-state index in [2.05, 4.69) is 27.2 Å². The summed E-state index contributed by atoms with van der Waals surface area (Å²) in [6.07, 6.45) is 0.723. The molecule has 2 aromatic carbocycles. The lowest BCUT2D eigenvalue weighted by Crippen LogP contribution is -2.33. The van der Waals surface area contributed by atoms with Gasteiger partial charge in [-0.1, -0.05) is 26.5 Å².